The molecular weight excluding hydrogens is 400 g/mol. The molecule has 3 aromatic rings. The summed E-state index contributed by atoms with van der Waals surface area (Å²) in [5, 5.41) is 12.1. The van der Waals surface area contributed by atoms with Gasteiger partial charge in [0, 0.05) is 28.4 Å². The molecule has 1 saturated heterocycles. The zero-order valence-electron chi connectivity index (χ0n) is 15.7. The average Bonchev–Trinajstić information content (AvgIpc) is 3.22. The number of anilines is 1. The molecule has 0 radical (unpaired) electrons. The predicted molar refractivity (Wildman–Crippen MR) is 115 cm³/mol. The van der Waals surface area contributed by atoms with Crippen molar-refractivity contribution in [2.45, 2.75) is 6.54 Å². The van der Waals surface area contributed by atoms with E-state index in [1.54, 1.807) is 41.1 Å². The molecule has 1 N–H and O–H groups in total. The van der Waals surface area contributed by atoms with Crippen molar-refractivity contribution in [1.82, 2.24) is 9.47 Å². The lowest BCUT2D eigenvalue weighted by Crippen LogP contribution is -2.36. The highest BCUT2D eigenvalue weighted by molar-refractivity contribution is 8.18. The number of hydrogen-bond acceptors (Lipinski definition) is 5. The fourth-order valence-corrected chi connectivity index (χ4v) is 4.07. The van der Waals surface area contributed by atoms with Gasteiger partial charge in [-0.15, -0.1) is 0 Å². The minimum absolute atomic E-state index is 0.176. The van der Waals surface area contributed by atoms with Crippen LogP contribution in [0.2, 0.25) is 0 Å². The molecule has 0 spiro atoms. The Morgan fingerprint density at radius 2 is 1.83 bits per heavy atom. The van der Waals surface area contributed by atoms with Crippen LogP contribution in [-0.4, -0.2) is 33.1 Å². The van der Waals surface area contributed by atoms with Crippen molar-refractivity contribution in [3.63, 3.8) is 0 Å². The van der Waals surface area contributed by atoms with E-state index in [-0.39, 0.29) is 18.0 Å². The van der Waals surface area contributed by atoms with Crippen molar-refractivity contribution >= 4 is 51.5 Å². The van der Waals surface area contributed by atoms with Crippen molar-refractivity contribution < 1.29 is 14.4 Å². The molecule has 2 heterocycles. The topological polar surface area (TPSA) is 95.2 Å². The molecule has 148 valence electrons. The maximum Gasteiger partial charge on any atom is 0.294 e. The first-order chi connectivity index (χ1) is 14.6. The molecule has 8 heteroatoms. The van der Waals surface area contributed by atoms with Crippen molar-refractivity contribution in [3.05, 3.63) is 71.3 Å². The Hall–Kier alpha value is -3.83. The Morgan fingerprint density at radius 3 is 2.60 bits per heavy atom. The maximum atomic E-state index is 12.8. The molecule has 1 aromatic heterocycles. The number of carbonyl (C=O) groups is 3. The summed E-state index contributed by atoms with van der Waals surface area (Å²) in [6, 6.07) is 18.5. The monoisotopic (exact) mass is 416 g/mol. The number of carbonyl (C=O) groups excluding carboxylic acids is 3. The number of hydrogen-bond donors (Lipinski definition) is 1. The highest BCUT2D eigenvalue weighted by Gasteiger charge is 2.36. The van der Waals surface area contributed by atoms with Gasteiger partial charge in [-0.05, 0) is 36.0 Å². The first-order valence-corrected chi connectivity index (χ1v) is 9.93. The van der Waals surface area contributed by atoms with Gasteiger partial charge >= 0.3 is 0 Å². The number of aromatic nitrogens is 1. The van der Waals surface area contributed by atoms with Crippen LogP contribution in [0.5, 0.6) is 0 Å². The molecular formula is C22H16N4O3S. The summed E-state index contributed by atoms with van der Waals surface area (Å²) in [4.78, 5) is 38.5. The number of imide groups is 1. The molecule has 0 unspecified atom stereocenters. The normalized spacial score (nSPS) is 15.0. The van der Waals surface area contributed by atoms with E-state index in [0.717, 1.165) is 33.1 Å². The van der Waals surface area contributed by atoms with E-state index in [0.29, 0.717) is 5.69 Å². The highest BCUT2D eigenvalue weighted by Crippen LogP contribution is 2.34. The molecule has 2 aromatic carbocycles. The third kappa shape index (κ3) is 3.83. The van der Waals surface area contributed by atoms with Crippen LogP contribution in [0, 0.1) is 11.3 Å². The molecule has 0 saturated carbocycles. The second kappa shape index (κ2) is 8.27. The lowest BCUT2D eigenvalue weighted by molar-refractivity contribution is -0.127. The molecule has 3 amide bonds. The van der Waals surface area contributed by atoms with Crippen LogP contribution in [0.15, 0.2) is 65.7 Å². The third-order valence-electron chi connectivity index (χ3n) is 4.58. The molecule has 7 nitrogen and oxygen atoms in total. The van der Waals surface area contributed by atoms with Crippen molar-refractivity contribution in [2.75, 3.05) is 11.9 Å². The fraction of sp³-hybridized carbons (Fsp3) is 0.0909. The van der Waals surface area contributed by atoms with Gasteiger partial charge in [0.2, 0.25) is 5.91 Å². The number of benzene rings is 2. The van der Waals surface area contributed by atoms with Crippen LogP contribution >= 0.6 is 11.8 Å². The Morgan fingerprint density at radius 1 is 1.10 bits per heavy atom. The summed E-state index contributed by atoms with van der Waals surface area (Å²) in [5.74, 6) is -0.958. The summed E-state index contributed by atoms with van der Waals surface area (Å²) < 4.78 is 1.79. The lowest BCUT2D eigenvalue weighted by Gasteiger charge is -2.12. The van der Waals surface area contributed by atoms with Crippen molar-refractivity contribution in [1.29, 1.82) is 5.26 Å². The first-order valence-electron chi connectivity index (χ1n) is 9.12. The van der Waals surface area contributed by atoms with E-state index in [1.807, 2.05) is 30.3 Å². The van der Waals surface area contributed by atoms with E-state index in [2.05, 4.69) is 11.4 Å². The van der Waals surface area contributed by atoms with Gasteiger partial charge < -0.3 is 9.88 Å². The van der Waals surface area contributed by atoms with Gasteiger partial charge in [0.05, 0.1) is 11.0 Å². The second-order valence-electron chi connectivity index (χ2n) is 6.57. The number of nitriles is 1. The maximum absolute atomic E-state index is 12.8. The van der Waals surface area contributed by atoms with Gasteiger partial charge in [-0.2, -0.15) is 5.26 Å². The van der Waals surface area contributed by atoms with Crippen molar-refractivity contribution in [2.24, 2.45) is 0 Å². The first kappa shape index (κ1) is 19.5. The molecule has 1 fully saturated rings. The number of amides is 3. The minimum Gasteiger partial charge on any atom is -0.333 e. The smallest absolute Gasteiger partial charge is 0.294 e. The van der Waals surface area contributed by atoms with Crippen LogP contribution in [0.1, 0.15) is 5.56 Å². The van der Waals surface area contributed by atoms with Crippen LogP contribution in [0.25, 0.3) is 17.0 Å². The van der Waals surface area contributed by atoms with Gasteiger partial charge in [-0.3, -0.25) is 19.3 Å². The third-order valence-corrected chi connectivity index (χ3v) is 5.49. The molecule has 0 atom stereocenters. The lowest BCUT2D eigenvalue weighted by atomic mass is 10.1. The van der Waals surface area contributed by atoms with E-state index in [4.69, 9.17) is 5.26 Å². The fourth-order valence-electron chi connectivity index (χ4n) is 3.24. The zero-order valence-corrected chi connectivity index (χ0v) is 16.6. The second-order valence-corrected chi connectivity index (χ2v) is 7.56. The highest BCUT2D eigenvalue weighted by atomic mass is 32.2. The SMILES string of the molecule is N#CCn1cc(/C=C2\SC(=O)N(CC(=O)Nc3ccccc3)C2=O)c2ccccc21. The van der Waals surface area contributed by atoms with Crippen molar-refractivity contribution in [3.8, 4) is 6.07 Å². The Labute approximate surface area is 176 Å². The van der Waals surface area contributed by atoms with Crippen LogP contribution < -0.4 is 5.32 Å². The summed E-state index contributed by atoms with van der Waals surface area (Å²) in [7, 11) is 0. The zero-order chi connectivity index (χ0) is 21.1. The van der Waals surface area contributed by atoms with Gasteiger partial charge in [0.15, 0.2) is 0 Å². The van der Waals surface area contributed by atoms with Gasteiger partial charge in [0.25, 0.3) is 11.1 Å². The molecule has 0 aliphatic carbocycles. The number of nitrogens with one attached hydrogen (secondary N) is 1. The van der Waals surface area contributed by atoms with Gasteiger partial charge in [-0.1, -0.05) is 36.4 Å². The number of thioether (sulfide) groups is 1. The molecule has 4 rings (SSSR count). The standard InChI is InChI=1S/C22H16N4O3S/c23-10-11-25-13-15(17-8-4-5-9-18(17)25)12-19-21(28)26(22(29)30-19)14-20(27)24-16-6-2-1-3-7-16/h1-9,12-13H,11,14H2,(H,24,27)/b19-12-. The Bertz CT molecular complexity index is 1220. The summed E-state index contributed by atoms with van der Waals surface area (Å²) in [6.07, 6.45) is 3.42. The van der Waals surface area contributed by atoms with E-state index in [1.165, 1.54) is 0 Å². The van der Waals surface area contributed by atoms with Crippen LogP contribution in [-0.2, 0) is 16.1 Å². The van der Waals surface area contributed by atoms with E-state index < -0.39 is 17.1 Å². The predicted octanol–water partition coefficient (Wildman–Crippen LogP) is 3.84. The van der Waals surface area contributed by atoms with E-state index in [9.17, 15) is 14.4 Å². The Kier molecular flexibility index (Phi) is 5.37. The summed E-state index contributed by atoms with van der Waals surface area (Å²) in [6.45, 7) is -0.178. The summed E-state index contributed by atoms with van der Waals surface area (Å²) in [5.41, 5.74) is 2.20. The van der Waals surface area contributed by atoms with Crippen LogP contribution in [0.4, 0.5) is 10.5 Å². The number of para-hydroxylation sites is 2. The van der Waals surface area contributed by atoms with E-state index >= 15 is 0 Å². The summed E-state index contributed by atoms with van der Waals surface area (Å²) >= 11 is 0.800. The number of rotatable bonds is 5. The minimum atomic E-state index is -0.509. The molecule has 1 aliphatic rings. The molecule has 30 heavy (non-hydrogen) atoms. The number of nitrogens with zero attached hydrogens (tertiary/aromatic N) is 3. The largest absolute Gasteiger partial charge is 0.333 e. The van der Waals surface area contributed by atoms with Crippen LogP contribution in [0.3, 0.4) is 0 Å². The van der Waals surface area contributed by atoms with Gasteiger partial charge in [0.1, 0.15) is 13.1 Å². The quantitative estimate of drug-likeness (QED) is 0.638. The molecule has 1 aliphatic heterocycles. The Balaban J connectivity index is 1.56. The average molecular weight is 416 g/mol. The molecule has 0 bridgehead atoms. The van der Waals surface area contributed by atoms with Gasteiger partial charge in [-0.25, -0.2) is 0 Å². The number of fused-ring (bicyclic) bond motifs is 1.